The van der Waals surface area contributed by atoms with Crippen LogP contribution in [0.3, 0.4) is 0 Å². The molecule has 20 heavy (non-hydrogen) atoms. The van der Waals surface area contributed by atoms with Gasteiger partial charge in [0.1, 0.15) is 23.3 Å². The summed E-state index contributed by atoms with van der Waals surface area (Å²) >= 11 is 0. The molecule has 2 rings (SSSR count). The van der Waals surface area contributed by atoms with Crippen molar-refractivity contribution in [3.05, 3.63) is 53.5 Å². The number of halogens is 4. The molecule has 0 aliphatic rings. The van der Waals surface area contributed by atoms with Crippen LogP contribution < -0.4 is 4.74 Å². The summed E-state index contributed by atoms with van der Waals surface area (Å²) in [6.07, 6.45) is -4.81. The van der Waals surface area contributed by atoms with E-state index in [2.05, 4.69) is 4.98 Å². The van der Waals surface area contributed by atoms with Crippen molar-refractivity contribution < 1.29 is 22.3 Å². The Morgan fingerprint density at radius 2 is 1.90 bits per heavy atom. The molecule has 0 N–H and O–H groups in total. The first kappa shape index (κ1) is 13.8. The average Bonchev–Trinajstić information content (AvgIpc) is 2.40. The summed E-state index contributed by atoms with van der Waals surface area (Å²) in [5.74, 6) is -1.66. The summed E-state index contributed by atoms with van der Waals surface area (Å²) in [6.45, 7) is 0. The second-order valence-electron chi connectivity index (χ2n) is 3.71. The number of ether oxygens (including phenoxy) is 1. The summed E-state index contributed by atoms with van der Waals surface area (Å²) < 4.78 is 55.8. The number of aromatic nitrogens is 1. The summed E-state index contributed by atoms with van der Waals surface area (Å²) in [7, 11) is 0. The van der Waals surface area contributed by atoms with E-state index < -0.39 is 17.6 Å². The van der Waals surface area contributed by atoms with Gasteiger partial charge in [-0.15, -0.1) is 0 Å². The van der Waals surface area contributed by atoms with Crippen molar-refractivity contribution in [2.45, 2.75) is 6.18 Å². The topological polar surface area (TPSA) is 45.9 Å². The van der Waals surface area contributed by atoms with E-state index in [-0.39, 0.29) is 17.3 Å². The van der Waals surface area contributed by atoms with Gasteiger partial charge in [-0.1, -0.05) is 6.07 Å². The van der Waals surface area contributed by atoms with Gasteiger partial charge in [0.25, 0.3) is 0 Å². The van der Waals surface area contributed by atoms with Gasteiger partial charge in [0, 0.05) is 6.07 Å². The van der Waals surface area contributed by atoms with Crippen LogP contribution in [0.1, 0.15) is 11.3 Å². The Balaban J connectivity index is 2.33. The zero-order valence-electron chi connectivity index (χ0n) is 9.78. The first-order valence-corrected chi connectivity index (χ1v) is 5.32. The molecule has 1 aromatic heterocycles. The number of hydrogen-bond acceptors (Lipinski definition) is 3. The zero-order valence-corrected chi connectivity index (χ0v) is 9.78. The van der Waals surface area contributed by atoms with Gasteiger partial charge in [-0.2, -0.15) is 18.4 Å². The molecule has 0 radical (unpaired) electrons. The summed E-state index contributed by atoms with van der Waals surface area (Å²) in [5, 5.41) is 8.65. The monoisotopic (exact) mass is 282 g/mol. The van der Waals surface area contributed by atoms with Crippen molar-refractivity contribution >= 4 is 0 Å². The molecule has 7 heteroatoms. The smallest absolute Gasteiger partial charge is 0.419 e. The fraction of sp³-hybridized carbons (Fsp3) is 0.0769. The van der Waals surface area contributed by atoms with E-state index in [1.165, 1.54) is 18.2 Å². The van der Waals surface area contributed by atoms with E-state index in [4.69, 9.17) is 10.00 Å². The van der Waals surface area contributed by atoms with Crippen molar-refractivity contribution in [1.82, 2.24) is 4.98 Å². The minimum atomic E-state index is -4.81. The summed E-state index contributed by atoms with van der Waals surface area (Å²) in [5.41, 5.74) is -1.37. The third-order valence-corrected chi connectivity index (χ3v) is 2.30. The van der Waals surface area contributed by atoms with E-state index in [1.54, 1.807) is 6.07 Å². The molecule has 0 amide bonds. The zero-order chi connectivity index (χ0) is 14.8. The van der Waals surface area contributed by atoms with Crippen molar-refractivity contribution in [2.75, 3.05) is 0 Å². The Hall–Kier alpha value is -2.62. The van der Waals surface area contributed by atoms with Crippen LogP contribution in [-0.2, 0) is 6.18 Å². The molecular weight excluding hydrogens is 276 g/mol. The van der Waals surface area contributed by atoms with Crippen molar-refractivity contribution in [3.63, 3.8) is 0 Å². The lowest BCUT2D eigenvalue weighted by Crippen LogP contribution is -2.08. The first-order valence-electron chi connectivity index (χ1n) is 5.32. The molecule has 0 aliphatic carbocycles. The maximum Gasteiger partial charge on any atom is 0.419 e. The van der Waals surface area contributed by atoms with Gasteiger partial charge in [0.05, 0.1) is 5.56 Å². The van der Waals surface area contributed by atoms with Crippen LogP contribution in [0.15, 0.2) is 36.4 Å². The van der Waals surface area contributed by atoms with Crippen LogP contribution in [0.4, 0.5) is 17.6 Å². The Bertz CT molecular complexity index is 677. The maximum atomic E-state index is 13.1. The highest BCUT2D eigenvalue weighted by atomic mass is 19.4. The molecule has 0 spiro atoms. The highest BCUT2D eigenvalue weighted by molar-refractivity contribution is 5.35. The van der Waals surface area contributed by atoms with Gasteiger partial charge in [-0.25, -0.2) is 9.37 Å². The molecule has 1 aromatic carbocycles. The predicted octanol–water partition coefficient (Wildman–Crippen LogP) is 3.90. The third-order valence-electron chi connectivity index (χ3n) is 2.30. The Morgan fingerprint density at radius 1 is 1.15 bits per heavy atom. The number of benzene rings is 1. The lowest BCUT2D eigenvalue weighted by atomic mass is 10.2. The van der Waals surface area contributed by atoms with Gasteiger partial charge < -0.3 is 4.74 Å². The van der Waals surface area contributed by atoms with Crippen LogP contribution in [0.25, 0.3) is 0 Å². The standard InChI is InChI=1S/C13H6F4N2O/c14-11-5-4-9(6-10(11)13(15,16)17)20-12-3-1-2-8(7-18)19-12/h1-6H. The number of nitrogens with zero attached hydrogens (tertiary/aromatic N) is 2. The molecule has 3 nitrogen and oxygen atoms in total. The minimum Gasteiger partial charge on any atom is -0.439 e. The molecule has 0 saturated carbocycles. The largest absolute Gasteiger partial charge is 0.439 e. The number of pyridine rings is 1. The van der Waals surface area contributed by atoms with Crippen LogP contribution in [0.5, 0.6) is 11.6 Å². The second kappa shape index (κ2) is 5.17. The molecule has 102 valence electrons. The van der Waals surface area contributed by atoms with Crippen LogP contribution in [0, 0.1) is 17.1 Å². The molecule has 0 fully saturated rings. The fourth-order valence-electron chi connectivity index (χ4n) is 1.44. The molecule has 0 atom stereocenters. The van der Waals surface area contributed by atoms with Crippen molar-refractivity contribution in [1.29, 1.82) is 5.26 Å². The molecule has 1 heterocycles. The highest BCUT2D eigenvalue weighted by Crippen LogP contribution is 2.34. The molecule has 0 saturated heterocycles. The molecule has 0 bridgehead atoms. The lowest BCUT2D eigenvalue weighted by molar-refractivity contribution is -0.140. The average molecular weight is 282 g/mol. The molecule has 2 aromatic rings. The van der Waals surface area contributed by atoms with Crippen LogP contribution in [0.2, 0.25) is 0 Å². The number of alkyl halides is 3. The van der Waals surface area contributed by atoms with Gasteiger partial charge in [0.15, 0.2) is 0 Å². The first-order chi connectivity index (χ1) is 9.40. The summed E-state index contributed by atoms with van der Waals surface area (Å²) in [4.78, 5) is 3.74. The summed E-state index contributed by atoms with van der Waals surface area (Å²) in [6, 6.07) is 8.27. The quantitative estimate of drug-likeness (QED) is 0.785. The molecular formula is C13H6F4N2O. The fourth-order valence-corrected chi connectivity index (χ4v) is 1.44. The number of nitriles is 1. The van der Waals surface area contributed by atoms with Gasteiger partial charge in [0.2, 0.25) is 5.88 Å². The Labute approximate surface area is 111 Å². The van der Waals surface area contributed by atoms with Crippen molar-refractivity contribution in [2.24, 2.45) is 0 Å². The van der Waals surface area contributed by atoms with Crippen molar-refractivity contribution in [3.8, 4) is 17.7 Å². The van der Waals surface area contributed by atoms with E-state index >= 15 is 0 Å². The van der Waals surface area contributed by atoms with E-state index in [9.17, 15) is 17.6 Å². The highest BCUT2D eigenvalue weighted by Gasteiger charge is 2.34. The SMILES string of the molecule is N#Cc1cccc(Oc2ccc(F)c(C(F)(F)F)c2)n1. The number of hydrogen-bond donors (Lipinski definition) is 0. The maximum absolute atomic E-state index is 13.1. The molecule has 0 unspecified atom stereocenters. The van der Waals surface area contributed by atoms with Crippen LogP contribution >= 0.6 is 0 Å². The van der Waals surface area contributed by atoms with E-state index in [0.717, 1.165) is 6.07 Å². The van der Waals surface area contributed by atoms with E-state index in [1.807, 2.05) is 0 Å². The molecule has 0 aliphatic heterocycles. The Kier molecular flexibility index (Phi) is 3.57. The van der Waals surface area contributed by atoms with Gasteiger partial charge >= 0.3 is 6.18 Å². The normalized spacial score (nSPS) is 10.9. The number of rotatable bonds is 2. The van der Waals surface area contributed by atoms with Gasteiger partial charge in [-0.3, -0.25) is 0 Å². The Morgan fingerprint density at radius 3 is 2.55 bits per heavy atom. The predicted molar refractivity (Wildman–Crippen MR) is 60.4 cm³/mol. The second-order valence-corrected chi connectivity index (χ2v) is 3.71. The van der Waals surface area contributed by atoms with Crippen LogP contribution in [-0.4, -0.2) is 4.98 Å². The lowest BCUT2D eigenvalue weighted by Gasteiger charge is -2.10. The third kappa shape index (κ3) is 3.03. The minimum absolute atomic E-state index is 0.0521. The van der Waals surface area contributed by atoms with Gasteiger partial charge in [-0.05, 0) is 24.3 Å². The van der Waals surface area contributed by atoms with E-state index in [0.29, 0.717) is 12.1 Å².